The number of hydrogen-bond acceptors (Lipinski definition) is 5. The molecule has 0 saturated carbocycles. The number of anilines is 2. The quantitative estimate of drug-likeness (QED) is 0.766. The fourth-order valence-electron chi connectivity index (χ4n) is 2.01. The van der Waals surface area contributed by atoms with E-state index in [2.05, 4.69) is 15.8 Å². The number of carbonyl (C=O) groups excluding carboxylic acids is 2. The fraction of sp³-hybridized carbons (Fsp3) is 0.0625. The summed E-state index contributed by atoms with van der Waals surface area (Å²) >= 11 is 1.56. The Labute approximate surface area is 136 Å². The number of thiophene rings is 1. The smallest absolute Gasteiger partial charge is 0.258 e. The van der Waals surface area contributed by atoms with Crippen molar-refractivity contribution in [1.82, 2.24) is 5.16 Å². The molecule has 7 heteroatoms. The van der Waals surface area contributed by atoms with E-state index < -0.39 is 0 Å². The molecule has 0 aliphatic rings. The summed E-state index contributed by atoms with van der Waals surface area (Å²) in [5.41, 5.74) is 2.56. The molecule has 0 unspecified atom stereocenters. The van der Waals surface area contributed by atoms with Gasteiger partial charge in [-0.3, -0.25) is 14.9 Å². The van der Waals surface area contributed by atoms with Crippen molar-refractivity contribution >= 4 is 34.7 Å². The molecule has 0 atom stereocenters. The van der Waals surface area contributed by atoms with Gasteiger partial charge in [-0.1, -0.05) is 11.2 Å². The molecule has 6 nitrogen and oxygen atoms in total. The van der Waals surface area contributed by atoms with E-state index in [0.717, 1.165) is 5.56 Å². The Kier molecular flexibility index (Phi) is 4.20. The third-order valence-electron chi connectivity index (χ3n) is 3.01. The predicted molar refractivity (Wildman–Crippen MR) is 88.5 cm³/mol. The zero-order valence-electron chi connectivity index (χ0n) is 12.2. The maximum atomic E-state index is 12.2. The topological polar surface area (TPSA) is 84.2 Å². The van der Waals surface area contributed by atoms with Gasteiger partial charge in [0.05, 0.1) is 0 Å². The largest absolute Gasteiger partial charge is 0.338 e. The van der Waals surface area contributed by atoms with Crippen molar-refractivity contribution < 1.29 is 14.1 Å². The number of aromatic nitrogens is 1. The number of carbonyl (C=O) groups is 2. The lowest BCUT2D eigenvalue weighted by Gasteiger charge is -2.05. The Hall–Kier alpha value is -2.93. The third kappa shape index (κ3) is 3.64. The van der Waals surface area contributed by atoms with Gasteiger partial charge in [0.1, 0.15) is 5.69 Å². The molecule has 0 fully saturated rings. The summed E-state index contributed by atoms with van der Waals surface area (Å²) in [6.07, 6.45) is 0. The van der Waals surface area contributed by atoms with Crippen molar-refractivity contribution in [1.29, 1.82) is 0 Å². The first-order valence-corrected chi connectivity index (χ1v) is 7.74. The molecule has 0 aliphatic carbocycles. The molecule has 23 heavy (non-hydrogen) atoms. The normalized spacial score (nSPS) is 10.3. The highest BCUT2D eigenvalue weighted by Gasteiger charge is 2.12. The molecule has 0 radical (unpaired) electrons. The highest BCUT2D eigenvalue weighted by molar-refractivity contribution is 7.08. The maximum absolute atomic E-state index is 12.2. The molecule has 2 amide bonds. The standard InChI is InChI=1S/C16H13N3O3S/c1-10(20)17-13-4-2-3-11(7-13)16(21)18-15-8-14(19-22-15)12-5-6-23-9-12/h2-9H,1H3,(H,17,20)(H,18,21). The van der Waals surface area contributed by atoms with Crippen molar-refractivity contribution in [2.75, 3.05) is 10.6 Å². The molecule has 0 aliphatic heterocycles. The van der Waals surface area contributed by atoms with E-state index in [4.69, 9.17) is 4.52 Å². The van der Waals surface area contributed by atoms with Crippen LogP contribution in [0.15, 0.2) is 51.7 Å². The van der Waals surface area contributed by atoms with Gasteiger partial charge in [0, 0.05) is 35.2 Å². The van der Waals surface area contributed by atoms with Gasteiger partial charge >= 0.3 is 0 Å². The Morgan fingerprint density at radius 3 is 2.78 bits per heavy atom. The number of amides is 2. The van der Waals surface area contributed by atoms with Crippen LogP contribution in [-0.4, -0.2) is 17.0 Å². The average molecular weight is 327 g/mol. The summed E-state index contributed by atoms with van der Waals surface area (Å²) in [6, 6.07) is 10.2. The second-order valence-corrected chi connectivity index (χ2v) is 5.58. The third-order valence-corrected chi connectivity index (χ3v) is 3.69. The van der Waals surface area contributed by atoms with E-state index in [1.807, 2.05) is 16.8 Å². The summed E-state index contributed by atoms with van der Waals surface area (Å²) < 4.78 is 5.13. The van der Waals surface area contributed by atoms with Crippen molar-refractivity contribution in [3.05, 3.63) is 52.7 Å². The number of nitrogens with zero attached hydrogens (tertiary/aromatic N) is 1. The zero-order chi connectivity index (χ0) is 16.2. The van der Waals surface area contributed by atoms with Gasteiger partial charge in [-0.2, -0.15) is 11.3 Å². The summed E-state index contributed by atoms with van der Waals surface area (Å²) in [5, 5.41) is 13.1. The summed E-state index contributed by atoms with van der Waals surface area (Å²) in [6.45, 7) is 1.41. The molecule has 3 aromatic rings. The van der Waals surface area contributed by atoms with Gasteiger partial charge < -0.3 is 9.84 Å². The predicted octanol–water partition coefficient (Wildman–Crippen LogP) is 3.61. The van der Waals surface area contributed by atoms with Crippen molar-refractivity contribution in [2.45, 2.75) is 6.92 Å². The first-order chi connectivity index (χ1) is 11.1. The molecule has 116 valence electrons. The van der Waals surface area contributed by atoms with Crippen LogP contribution in [0, 0.1) is 0 Å². The van der Waals surface area contributed by atoms with Crippen LogP contribution in [0.1, 0.15) is 17.3 Å². The van der Waals surface area contributed by atoms with Crippen LogP contribution in [0.5, 0.6) is 0 Å². The Bertz CT molecular complexity index is 840. The van der Waals surface area contributed by atoms with Crippen molar-refractivity contribution in [3.63, 3.8) is 0 Å². The van der Waals surface area contributed by atoms with E-state index in [-0.39, 0.29) is 17.7 Å². The van der Waals surface area contributed by atoms with E-state index in [1.54, 1.807) is 41.7 Å². The van der Waals surface area contributed by atoms with Crippen LogP contribution in [-0.2, 0) is 4.79 Å². The van der Waals surface area contributed by atoms with Crippen LogP contribution >= 0.6 is 11.3 Å². The van der Waals surface area contributed by atoms with Crippen LogP contribution in [0.3, 0.4) is 0 Å². The van der Waals surface area contributed by atoms with Crippen LogP contribution in [0.4, 0.5) is 11.6 Å². The van der Waals surface area contributed by atoms with E-state index >= 15 is 0 Å². The van der Waals surface area contributed by atoms with Crippen LogP contribution < -0.4 is 10.6 Å². The Morgan fingerprint density at radius 2 is 2.04 bits per heavy atom. The first-order valence-electron chi connectivity index (χ1n) is 6.80. The molecule has 0 bridgehead atoms. The summed E-state index contributed by atoms with van der Waals surface area (Å²) in [5.74, 6) is -0.274. The molecule has 1 aromatic carbocycles. The van der Waals surface area contributed by atoms with Crippen LogP contribution in [0.25, 0.3) is 11.3 Å². The maximum Gasteiger partial charge on any atom is 0.258 e. The Balaban J connectivity index is 1.73. The number of benzene rings is 1. The molecule has 0 saturated heterocycles. The minimum absolute atomic E-state index is 0.196. The molecule has 3 rings (SSSR count). The van der Waals surface area contributed by atoms with E-state index in [1.165, 1.54) is 6.92 Å². The molecular formula is C16H13N3O3S. The fourth-order valence-corrected chi connectivity index (χ4v) is 2.66. The number of rotatable bonds is 4. The Morgan fingerprint density at radius 1 is 1.17 bits per heavy atom. The van der Waals surface area contributed by atoms with Gasteiger partial charge in [-0.15, -0.1) is 0 Å². The van der Waals surface area contributed by atoms with Gasteiger partial charge in [0.15, 0.2) is 0 Å². The summed E-state index contributed by atoms with van der Waals surface area (Å²) in [4.78, 5) is 23.3. The molecule has 0 spiro atoms. The summed E-state index contributed by atoms with van der Waals surface area (Å²) in [7, 11) is 0. The highest BCUT2D eigenvalue weighted by atomic mass is 32.1. The van der Waals surface area contributed by atoms with E-state index in [0.29, 0.717) is 16.9 Å². The second-order valence-electron chi connectivity index (χ2n) is 4.80. The van der Waals surface area contributed by atoms with Gasteiger partial charge in [0.2, 0.25) is 11.8 Å². The molecular weight excluding hydrogens is 314 g/mol. The molecule has 2 N–H and O–H groups in total. The first kappa shape index (κ1) is 15.0. The van der Waals surface area contributed by atoms with Gasteiger partial charge in [-0.25, -0.2) is 0 Å². The van der Waals surface area contributed by atoms with Gasteiger partial charge in [0.25, 0.3) is 5.91 Å². The minimum atomic E-state index is -0.342. The molecule has 2 aromatic heterocycles. The number of nitrogens with one attached hydrogen (secondary N) is 2. The minimum Gasteiger partial charge on any atom is -0.338 e. The SMILES string of the molecule is CC(=O)Nc1cccc(C(=O)Nc2cc(-c3ccsc3)no2)c1. The average Bonchev–Trinajstić information content (AvgIpc) is 3.17. The highest BCUT2D eigenvalue weighted by Crippen LogP contribution is 2.24. The van der Waals surface area contributed by atoms with Crippen molar-refractivity contribution in [2.24, 2.45) is 0 Å². The monoisotopic (exact) mass is 327 g/mol. The lowest BCUT2D eigenvalue weighted by Crippen LogP contribution is -2.12. The lowest BCUT2D eigenvalue weighted by molar-refractivity contribution is -0.114. The molecule has 2 heterocycles. The lowest BCUT2D eigenvalue weighted by atomic mass is 10.2. The van der Waals surface area contributed by atoms with Crippen molar-refractivity contribution in [3.8, 4) is 11.3 Å². The van der Waals surface area contributed by atoms with Crippen LogP contribution in [0.2, 0.25) is 0 Å². The number of hydrogen-bond donors (Lipinski definition) is 2. The van der Waals surface area contributed by atoms with Gasteiger partial charge in [-0.05, 0) is 29.6 Å². The van der Waals surface area contributed by atoms with E-state index in [9.17, 15) is 9.59 Å². The second kappa shape index (κ2) is 6.45. The zero-order valence-corrected chi connectivity index (χ0v) is 13.0.